The van der Waals surface area contributed by atoms with Crippen molar-refractivity contribution in [3.05, 3.63) is 30.1 Å². The molecule has 1 aromatic rings. The lowest BCUT2D eigenvalue weighted by Gasteiger charge is -2.32. The molecule has 0 aromatic carbocycles. The minimum Gasteiger partial charge on any atom is -0.316 e. The fourth-order valence-electron chi connectivity index (χ4n) is 2.79. The molecular formula is C16H27N3. The van der Waals surface area contributed by atoms with Crippen LogP contribution < -0.4 is 5.32 Å². The molecule has 1 saturated heterocycles. The van der Waals surface area contributed by atoms with E-state index in [0.717, 1.165) is 18.9 Å². The molecule has 19 heavy (non-hydrogen) atoms. The third-order valence-corrected chi connectivity index (χ3v) is 4.03. The van der Waals surface area contributed by atoms with Gasteiger partial charge < -0.3 is 10.2 Å². The maximum Gasteiger partial charge on any atom is 0.0300 e. The molecule has 3 nitrogen and oxygen atoms in total. The molecular weight excluding hydrogens is 234 g/mol. The zero-order valence-corrected chi connectivity index (χ0v) is 12.3. The topological polar surface area (TPSA) is 28.2 Å². The van der Waals surface area contributed by atoms with Crippen molar-refractivity contribution in [3.8, 4) is 0 Å². The summed E-state index contributed by atoms with van der Waals surface area (Å²) in [7, 11) is 0. The van der Waals surface area contributed by atoms with Crippen LogP contribution in [0.3, 0.4) is 0 Å². The number of nitrogens with zero attached hydrogens (tertiary/aromatic N) is 2. The lowest BCUT2D eigenvalue weighted by molar-refractivity contribution is 0.173. The van der Waals surface area contributed by atoms with Crippen LogP contribution in [0.15, 0.2) is 24.5 Å². The van der Waals surface area contributed by atoms with Gasteiger partial charge in [-0.3, -0.25) is 4.98 Å². The van der Waals surface area contributed by atoms with Crippen molar-refractivity contribution in [2.75, 3.05) is 26.2 Å². The average Bonchev–Trinajstić information content (AvgIpc) is 2.45. The number of hydrogen-bond donors (Lipinski definition) is 1. The SMILES string of the molecule is CC(C)N(CCc1cccnc1)CC1CCCNC1. The van der Waals surface area contributed by atoms with Crippen molar-refractivity contribution < 1.29 is 0 Å². The van der Waals surface area contributed by atoms with Crippen LogP contribution >= 0.6 is 0 Å². The molecule has 1 atom stereocenters. The van der Waals surface area contributed by atoms with E-state index in [1.807, 2.05) is 18.5 Å². The van der Waals surface area contributed by atoms with Crippen molar-refractivity contribution in [2.24, 2.45) is 5.92 Å². The Labute approximate surface area is 117 Å². The fraction of sp³-hybridized carbons (Fsp3) is 0.688. The number of nitrogens with one attached hydrogen (secondary N) is 1. The molecule has 0 bridgehead atoms. The number of rotatable bonds is 6. The fourth-order valence-corrected chi connectivity index (χ4v) is 2.79. The minimum absolute atomic E-state index is 0.624. The molecule has 0 aliphatic carbocycles. The molecule has 0 amide bonds. The summed E-state index contributed by atoms with van der Waals surface area (Å²) >= 11 is 0. The lowest BCUT2D eigenvalue weighted by atomic mass is 9.98. The maximum absolute atomic E-state index is 4.19. The molecule has 106 valence electrons. The quantitative estimate of drug-likeness (QED) is 0.852. The van der Waals surface area contributed by atoms with Gasteiger partial charge in [-0.25, -0.2) is 0 Å². The molecule has 0 radical (unpaired) electrons. The Morgan fingerprint density at radius 1 is 1.47 bits per heavy atom. The first kappa shape index (κ1) is 14.5. The summed E-state index contributed by atoms with van der Waals surface area (Å²) in [6.45, 7) is 9.37. The molecule has 3 heteroatoms. The third-order valence-electron chi connectivity index (χ3n) is 4.03. The minimum atomic E-state index is 0.624. The predicted molar refractivity (Wildman–Crippen MR) is 80.2 cm³/mol. The van der Waals surface area contributed by atoms with Crippen LogP contribution in [0.25, 0.3) is 0 Å². The van der Waals surface area contributed by atoms with Gasteiger partial charge in [0.05, 0.1) is 0 Å². The van der Waals surface area contributed by atoms with E-state index in [2.05, 4.69) is 35.1 Å². The first-order valence-electron chi connectivity index (χ1n) is 7.59. The Morgan fingerprint density at radius 3 is 3.00 bits per heavy atom. The van der Waals surface area contributed by atoms with E-state index in [1.165, 1.54) is 38.0 Å². The average molecular weight is 261 g/mol. The number of aromatic nitrogens is 1. The van der Waals surface area contributed by atoms with Crippen LogP contribution in [-0.4, -0.2) is 42.1 Å². The van der Waals surface area contributed by atoms with Crippen molar-refractivity contribution in [1.82, 2.24) is 15.2 Å². The summed E-state index contributed by atoms with van der Waals surface area (Å²) in [5, 5.41) is 3.52. The summed E-state index contributed by atoms with van der Waals surface area (Å²) in [6.07, 6.45) is 7.65. The zero-order chi connectivity index (χ0) is 13.5. The molecule has 1 aliphatic rings. The molecule has 1 aromatic heterocycles. The van der Waals surface area contributed by atoms with Gasteiger partial charge >= 0.3 is 0 Å². The second-order valence-corrected chi connectivity index (χ2v) is 5.91. The molecule has 1 N–H and O–H groups in total. The summed E-state index contributed by atoms with van der Waals surface area (Å²) in [5.74, 6) is 0.824. The van der Waals surface area contributed by atoms with E-state index in [9.17, 15) is 0 Å². The zero-order valence-electron chi connectivity index (χ0n) is 12.3. The highest BCUT2D eigenvalue weighted by Crippen LogP contribution is 2.14. The van der Waals surface area contributed by atoms with E-state index in [1.54, 1.807) is 0 Å². The highest BCUT2D eigenvalue weighted by Gasteiger charge is 2.18. The molecule has 1 fully saturated rings. The van der Waals surface area contributed by atoms with E-state index in [4.69, 9.17) is 0 Å². The number of hydrogen-bond acceptors (Lipinski definition) is 3. The molecule has 2 heterocycles. The van der Waals surface area contributed by atoms with Crippen LogP contribution in [0.5, 0.6) is 0 Å². The number of pyridine rings is 1. The van der Waals surface area contributed by atoms with E-state index in [-0.39, 0.29) is 0 Å². The van der Waals surface area contributed by atoms with Crippen molar-refractivity contribution in [1.29, 1.82) is 0 Å². The van der Waals surface area contributed by atoms with Gasteiger partial charge in [-0.1, -0.05) is 6.07 Å². The summed E-state index contributed by atoms with van der Waals surface area (Å²) in [4.78, 5) is 6.81. The molecule has 1 unspecified atom stereocenters. The Bertz CT molecular complexity index is 344. The predicted octanol–water partition coefficient (Wildman–Crippen LogP) is 2.33. The van der Waals surface area contributed by atoms with Crippen LogP contribution in [-0.2, 0) is 6.42 Å². The Balaban J connectivity index is 1.82. The largest absolute Gasteiger partial charge is 0.316 e. The third kappa shape index (κ3) is 4.92. The molecule has 0 spiro atoms. The van der Waals surface area contributed by atoms with Crippen molar-refractivity contribution >= 4 is 0 Å². The van der Waals surface area contributed by atoms with E-state index in [0.29, 0.717) is 6.04 Å². The van der Waals surface area contributed by atoms with Gasteiger partial charge in [0.2, 0.25) is 0 Å². The Hall–Kier alpha value is -0.930. The summed E-state index contributed by atoms with van der Waals surface area (Å²) in [6, 6.07) is 4.83. The van der Waals surface area contributed by atoms with Gasteiger partial charge in [0.1, 0.15) is 0 Å². The van der Waals surface area contributed by atoms with Crippen LogP contribution in [0.1, 0.15) is 32.3 Å². The second kappa shape index (κ2) is 7.61. The lowest BCUT2D eigenvalue weighted by Crippen LogP contribution is -2.42. The van der Waals surface area contributed by atoms with Gasteiger partial charge in [0, 0.05) is 31.5 Å². The molecule has 1 aliphatic heterocycles. The molecule has 2 rings (SSSR count). The van der Waals surface area contributed by atoms with Crippen molar-refractivity contribution in [2.45, 2.75) is 39.2 Å². The Morgan fingerprint density at radius 2 is 2.37 bits per heavy atom. The van der Waals surface area contributed by atoms with Gasteiger partial charge in [-0.15, -0.1) is 0 Å². The first-order chi connectivity index (χ1) is 9.25. The van der Waals surface area contributed by atoms with Crippen molar-refractivity contribution in [3.63, 3.8) is 0 Å². The highest BCUT2D eigenvalue weighted by molar-refractivity contribution is 5.08. The highest BCUT2D eigenvalue weighted by atomic mass is 15.1. The van der Waals surface area contributed by atoms with E-state index >= 15 is 0 Å². The molecule has 0 saturated carbocycles. The van der Waals surface area contributed by atoms with E-state index < -0.39 is 0 Å². The summed E-state index contributed by atoms with van der Waals surface area (Å²) in [5.41, 5.74) is 1.34. The summed E-state index contributed by atoms with van der Waals surface area (Å²) < 4.78 is 0. The van der Waals surface area contributed by atoms with Crippen LogP contribution in [0, 0.1) is 5.92 Å². The second-order valence-electron chi connectivity index (χ2n) is 5.91. The maximum atomic E-state index is 4.19. The van der Waals surface area contributed by atoms with Gasteiger partial charge in [0.15, 0.2) is 0 Å². The monoisotopic (exact) mass is 261 g/mol. The van der Waals surface area contributed by atoms with Crippen LogP contribution in [0.2, 0.25) is 0 Å². The first-order valence-corrected chi connectivity index (χ1v) is 7.59. The standard InChI is InChI=1S/C16H27N3/c1-14(2)19(13-16-6-4-9-18-12-16)10-7-15-5-3-8-17-11-15/h3,5,8,11,14,16,18H,4,6-7,9-10,12-13H2,1-2H3. The smallest absolute Gasteiger partial charge is 0.0300 e. The van der Waals surface area contributed by atoms with Gasteiger partial charge in [0.25, 0.3) is 0 Å². The normalized spacial score (nSPS) is 20.1. The van der Waals surface area contributed by atoms with Crippen LogP contribution in [0.4, 0.5) is 0 Å². The van der Waals surface area contributed by atoms with Gasteiger partial charge in [-0.2, -0.15) is 0 Å². The van der Waals surface area contributed by atoms with Gasteiger partial charge in [-0.05, 0) is 63.7 Å². The Kier molecular flexibility index (Phi) is 5.80. The number of piperidine rings is 1.